The summed E-state index contributed by atoms with van der Waals surface area (Å²) in [5.74, 6) is -0.0609. The fraction of sp³-hybridized carbons (Fsp3) is 0.632. The number of hydrogen-bond donors (Lipinski definition) is 2. The number of anilines is 1. The molecule has 6 nitrogen and oxygen atoms in total. The predicted molar refractivity (Wildman–Crippen MR) is 104 cm³/mol. The number of sulfonamides is 1. The molecule has 1 aromatic carbocycles. The Morgan fingerprint density at radius 3 is 2.58 bits per heavy atom. The third-order valence-corrected chi connectivity index (χ3v) is 7.34. The lowest BCUT2D eigenvalue weighted by Crippen LogP contribution is -3.17. The van der Waals surface area contributed by atoms with E-state index in [4.69, 9.17) is 0 Å². The molecule has 0 spiro atoms. The Morgan fingerprint density at radius 2 is 1.96 bits per heavy atom. The Hall–Kier alpha value is -1.44. The van der Waals surface area contributed by atoms with Crippen LogP contribution in [-0.4, -0.2) is 50.9 Å². The molecule has 2 atom stereocenters. The van der Waals surface area contributed by atoms with E-state index < -0.39 is 10.0 Å². The van der Waals surface area contributed by atoms with Crippen molar-refractivity contribution in [2.24, 2.45) is 0 Å². The van der Waals surface area contributed by atoms with Crippen LogP contribution in [0.4, 0.5) is 5.69 Å². The van der Waals surface area contributed by atoms with Crippen molar-refractivity contribution in [2.45, 2.75) is 57.9 Å². The van der Waals surface area contributed by atoms with Crippen molar-refractivity contribution >= 4 is 21.6 Å². The molecule has 1 heterocycles. The van der Waals surface area contributed by atoms with Gasteiger partial charge in [0.2, 0.25) is 10.0 Å². The SMILES string of the molecule is CCN(CC)S(=O)(=O)c1ccc(C)c(NC(=O)C[NH+]2CCCC[C@H]2C)c1. The Balaban J connectivity index is 2.15. The zero-order valence-corrected chi connectivity index (χ0v) is 17.2. The van der Waals surface area contributed by atoms with Crippen molar-refractivity contribution < 1.29 is 18.1 Å². The van der Waals surface area contributed by atoms with Crippen molar-refractivity contribution in [2.75, 3.05) is 31.5 Å². The average molecular weight is 383 g/mol. The van der Waals surface area contributed by atoms with E-state index in [1.54, 1.807) is 18.2 Å². The first-order valence-corrected chi connectivity index (χ1v) is 11.0. The van der Waals surface area contributed by atoms with Crippen LogP contribution in [0.1, 0.15) is 45.6 Å². The summed E-state index contributed by atoms with van der Waals surface area (Å²) in [6.07, 6.45) is 3.54. The van der Waals surface area contributed by atoms with Gasteiger partial charge in [-0.3, -0.25) is 4.79 Å². The van der Waals surface area contributed by atoms with Crippen LogP contribution in [0.15, 0.2) is 23.1 Å². The quantitative estimate of drug-likeness (QED) is 0.749. The average Bonchev–Trinajstić information content (AvgIpc) is 2.59. The summed E-state index contributed by atoms with van der Waals surface area (Å²) in [6, 6.07) is 5.43. The van der Waals surface area contributed by atoms with Crippen LogP contribution in [0, 0.1) is 6.92 Å². The monoisotopic (exact) mass is 382 g/mol. The number of carbonyl (C=O) groups is 1. The van der Waals surface area contributed by atoms with Gasteiger partial charge in [0.1, 0.15) is 0 Å². The maximum absolute atomic E-state index is 12.7. The molecule has 1 aliphatic rings. The van der Waals surface area contributed by atoms with Crippen molar-refractivity contribution in [3.8, 4) is 0 Å². The fourth-order valence-electron chi connectivity index (χ4n) is 3.53. The molecule has 26 heavy (non-hydrogen) atoms. The van der Waals surface area contributed by atoms with Gasteiger partial charge in [-0.2, -0.15) is 4.31 Å². The zero-order chi connectivity index (χ0) is 19.3. The van der Waals surface area contributed by atoms with Crippen LogP contribution in [0.3, 0.4) is 0 Å². The number of nitrogens with zero attached hydrogens (tertiary/aromatic N) is 1. The molecule has 1 fully saturated rings. The molecule has 2 N–H and O–H groups in total. The third-order valence-electron chi connectivity index (χ3n) is 5.30. The number of piperidine rings is 1. The second kappa shape index (κ2) is 8.97. The van der Waals surface area contributed by atoms with Gasteiger partial charge in [-0.05, 0) is 50.8 Å². The highest BCUT2D eigenvalue weighted by Gasteiger charge is 2.25. The number of likely N-dealkylation sites (tertiary alicyclic amines) is 1. The van der Waals surface area contributed by atoms with Gasteiger partial charge >= 0.3 is 0 Å². The molecule has 146 valence electrons. The van der Waals surface area contributed by atoms with Gasteiger partial charge in [0.05, 0.1) is 17.5 Å². The molecule has 0 aromatic heterocycles. The van der Waals surface area contributed by atoms with E-state index in [0.29, 0.717) is 31.4 Å². The summed E-state index contributed by atoms with van der Waals surface area (Å²) in [5.41, 5.74) is 1.44. The smallest absolute Gasteiger partial charge is 0.279 e. The van der Waals surface area contributed by atoms with Gasteiger partial charge in [0, 0.05) is 18.8 Å². The molecular formula is C19H32N3O3S+. The van der Waals surface area contributed by atoms with E-state index in [2.05, 4.69) is 12.2 Å². The van der Waals surface area contributed by atoms with Gasteiger partial charge in [0.25, 0.3) is 5.91 Å². The number of carbonyl (C=O) groups excluding carboxylic acids is 1. The van der Waals surface area contributed by atoms with E-state index in [9.17, 15) is 13.2 Å². The second-order valence-corrected chi connectivity index (χ2v) is 9.03. The Morgan fingerprint density at radius 1 is 1.27 bits per heavy atom. The number of quaternary nitrogens is 1. The first-order valence-electron chi connectivity index (χ1n) is 9.54. The van der Waals surface area contributed by atoms with Gasteiger partial charge < -0.3 is 10.2 Å². The van der Waals surface area contributed by atoms with E-state index in [1.807, 2.05) is 20.8 Å². The normalized spacial score (nSPS) is 21.0. The van der Waals surface area contributed by atoms with Gasteiger partial charge in [0.15, 0.2) is 6.54 Å². The highest BCUT2D eigenvalue weighted by atomic mass is 32.2. The molecule has 0 bridgehead atoms. The molecule has 7 heteroatoms. The number of benzene rings is 1. The lowest BCUT2D eigenvalue weighted by atomic mass is 10.0. The maximum Gasteiger partial charge on any atom is 0.279 e. The number of amides is 1. The zero-order valence-electron chi connectivity index (χ0n) is 16.3. The second-order valence-electron chi connectivity index (χ2n) is 7.10. The lowest BCUT2D eigenvalue weighted by molar-refractivity contribution is -0.920. The van der Waals surface area contributed by atoms with Crippen LogP contribution < -0.4 is 10.2 Å². The van der Waals surface area contributed by atoms with E-state index in [-0.39, 0.29) is 10.8 Å². The van der Waals surface area contributed by atoms with Crippen LogP contribution in [0.25, 0.3) is 0 Å². The third kappa shape index (κ3) is 4.84. The van der Waals surface area contributed by atoms with Gasteiger partial charge in [-0.25, -0.2) is 8.42 Å². The minimum Gasteiger partial charge on any atom is -0.325 e. The molecule has 2 rings (SSSR count). The molecule has 1 saturated heterocycles. The molecule has 1 unspecified atom stereocenters. The fourth-order valence-corrected chi connectivity index (χ4v) is 5.01. The van der Waals surface area contributed by atoms with E-state index in [0.717, 1.165) is 24.9 Å². The molecular weight excluding hydrogens is 350 g/mol. The highest BCUT2D eigenvalue weighted by molar-refractivity contribution is 7.89. The minimum atomic E-state index is -3.54. The Bertz CT molecular complexity index is 730. The summed E-state index contributed by atoms with van der Waals surface area (Å²) in [5, 5.41) is 2.92. The largest absolute Gasteiger partial charge is 0.325 e. The minimum absolute atomic E-state index is 0.0609. The predicted octanol–water partition coefficient (Wildman–Crippen LogP) is 1.42. The Labute approximate surface area is 157 Å². The Kier molecular flexibility index (Phi) is 7.20. The topological polar surface area (TPSA) is 70.9 Å². The lowest BCUT2D eigenvalue weighted by Gasteiger charge is -2.29. The summed E-state index contributed by atoms with van der Waals surface area (Å²) in [4.78, 5) is 14.0. The standard InChI is InChI=1S/C19H31N3O3S/c1-5-22(6-2)26(24,25)17-11-10-15(3)18(13-17)20-19(23)14-21-12-8-7-9-16(21)4/h10-11,13,16H,5-9,12,14H2,1-4H3,(H,20,23)/p+1/t16-/m1/s1. The first-order chi connectivity index (χ1) is 12.3. The van der Waals surface area contributed by atoms with Crippen molar-refractivity contribution in [3.63, 3.8) is 0 Å². The van der Waals surface area contributed by atoms with Crippen LogP contribution >= 0.6 is 0 Å². The molecule has 0 aliphatic carbocycles. The van der Waals surface area contributed by atoms with E-state index in [1.165, 1.54) is 15.6 Å². The summed E-state index contributed by atoms with van der Waals surface area (Å²) >= 11 is 0. The summed E-state index contributed by atoms with van der Waals surface area (Å²) in [6.45, 7) is 9.98. The maximum atomic E-state index is 12.7. The molecule has 0 radical (unpaired) electrons. The summed E-state index contributed by atoms with van der Waals surface area (Å²) in [7, 11) is -3.54. The van der Waals surface area contributed by atoms with Gasteiger partial charge in [-0.1, -0.05) is 19.9 Å². The number of rotatable bonds is 7. The molecule has 1 amide bonds. The molecule has 1 aromatic rings. The molecule has 0 saturated carbocycles. The van der Waals surface area contributed by atoms with Crippen molar-refractivity contribution in [1.29, 1.82) is 0 Å². The van der Waals surface area contributed by atoms with Crippen LogP contribution in [0.2, 0.25) is 0 Å². The first kappa shape index (κ1) is 20.9. The van der Waals surface area contributed by atoms with Crippen LogP contribution in [-0.2, 0) is 14.8 Å². The highest BCUT2D eigenvalue weighted by Crippen LogP contribution is 2.23. The van der Waals surface area contributed by atoms with Crippen molar-refractivity contribution in [3.05, 3.63) is 23.8 Å². The number of hydrogen-bond acceptors (Lipinski definition) is 3. The number of aryl methyl sites for hydroxylation is 1. The van der Waals surface area contributed by atoms with Crippen LogP contribution in [0.5, 0.6) is 0 Å². The summed E-state index contributed by atoms with van der Waals surface area (Å²) < 4.78 is 26.8. The van der Waals surface area contributed by atoms with Gasteiger partial charge in [-0.15, -0.1) is 0 Å². The number of nitrogens with one attached hydrogen (secondary N) is 2. The van der Waals surface area contributed by atoms with E-state index >= 15 is 0 Å². The van der Waals surface area contributed by atoms with Crippen molar-refractivity contribution in [1.82, 2.24) is 4.31 Å². The molecule has 1 aliphatic heterocycles.